The zero-order chi connectivity index (χ0) is 17.9. The first-order valence-electron chi connectivity index (χ1n) is 7.37. The Bertz CT molecular complexity index is 840. The maximum absolute atomic E-state index is 12.6. The third kappa shape index (κ3) is 4.61. The molecular weight excluding hydrogens is 348 g/mol. The molecule has 0 aliphatic carbocycles. The predicted molar refractivity (Wildman–Crippen MR) is 97.8 cm³/mol. The highest BCUT2D eigenvalue weighted by molar-refractivity contribution is 7.99. The zero-order valence-corrected chi connectivity index (χ0v) is 15.4. The molecule has 0 aliphatic rings. The zero-order valence-electron chi connectivity index (χ0n) is 13.8. The molecule has 0 fully saturated rings. The topological polar surface area (TPSA) is 61.2 Å². The summed E-state index contributed by atoms with van der Waals surface area (Å²) in [6, 6.07) is 4.93. The first-order valence-corrected chi connectivity index (χ1v) is 8.73. The number of carbonyl (C=O) groups is 1. The second-order valence-electron chi connectivity index (χ2n) is 6.14. The van der Waals surface area contributed by atoms with Gasteiger partial charge in [0.15, 0.2) is 5.16 Å². The van der Waals surface area contributed by atoms with Gasteiger partial charge in [-0.05, 0) is 39.0 Å². The number of hydrogen-bond acceptors (Lipinski definition) is 5. The van der Waals surface area contributed by atoms with Gasteiger partial charge in [0.05, 0.1) is 16.7 Å². The Balaban J connectivity index is 2.37. The van der Waals surface area contributed by atoms with Crippen molar-refractivity contribution in [2.75, 3.05) is 5.75 Å². The van der Waals surface area contributed by atoms with Crippen LogP contribution in [0.25, 0.3) is 10.9 Å². The van der Waals surface area contributed by atoms with Crippen LogP contribution in [0.15, 0.2) is 40.8 Å². The predicted octanol–water partition coefficient (Wildman–Crippen LogP) is 3.67. The lowest BCUT2D eigenvalue weighted by molar-refractivity contribution is -0.151. The van der Waals surface area contributed by atoms with E-state index >= 15 is 0 Å². The maximum Gasteiger partial charge on any atom is 0.316 e. The van der Waals surface area contributed by atoms with Crippen molar-refractivity contribution in [1.82, 2.24) is 9.55 Å². The maximum atomic E-state index is 12.6. The molecule has 24 heavy (non-hydrogen) atoms. The van der Waals surface area contributed by atoms with Crippen molar-refractivity contribution in [3.05, 3.63) is 46.2 Å². The van der Waals surface area contributed by atoms with E-state index in [1.54, 1.807) is 45.0 Å². The molecule has 0 saturated heterocycles. The molecule has 0 unspecified atom stereocenters. The molecule has 1 aromatic carbocycles. The van der Waals surface area contributed by atoms with E-state index in [1.807, 2.05) is 0 Å². The van der Waals surface area contributed by atoms with Crippen LogP contribution in [0.2, 0.25) is 5.02 Å². The molecule has 0 N–H and O–H groups in total. The fourth-order valence-corrected chi connectivity index (χ4v) is 3.02. The number of carbonyl (C=O) groups excluding carboxylic acids is 1. The highest BCUT2D eigenvalue weighted by Crippen LogP contribution is 2.21. The minimum atomic E-state index is -0.553. The average Bonchev–Trinajstić information content (AvgIpc) is 2.46. The molecule has 0 bridgehead atoms. The van der Waals surface area contributed by atoms with Gasteiger partial charge in [-0.1, -0.05) is 29.4 Å². The molecule has 2 aromatic rings. The van der Waals surface area contributed by atoms with Gasteiger partial charge in [-0.3, -0.25) is 14.2 Å². The highest BCUT2D eigenvalue weighted by atomic mass is 35.5. The SMILES string of the molecule is C=CCn1c(SCC(=O)OC(C)(C)C)nc2cc(Cl)ccc2c1=O. The summed E-state index contributed by atoms with van der Waals surface area (Å²) in [7, 11) is 0. The van der Waals surface area contributed by atoms with Crippen molar-refractivity contribution in [3.8, 4) is 0 Å². The van der Waals surface area contributed by atoms with Crippen molar-refractivity contribution in [1.29, 1.82) is 0 Å². The lowest BCUT2D eigenvalue weighted by atomic mass is 10.2. The summed E-state index contributed by atoms with van der Waals surface area (Å²) in [6.45, 7) is 9.39. The molecule has 0 amide bonds. The number of benzene rings is 1. The second-order valence-corrected chi connectivity index (χ2v) is 7.51. The highest BCUT2D eigenvalue weighted by Gasteiger charge is 2.18. The van der Waals surface area contributed by atoms with E-state index < -0.39 is 5.60 Å². The summed E-state index contributed by atoms with van der Waals surface area (Å²) < 4.78 is 6.76. The normalized spacial score (nSPS) is 11.5. The molecule has 5 nitrogen and oxygen atoms in total. The molecule has 0 atom stereocenters. The van der Waals surface area contributed by atoms with Gasteiger partial charge >= 0.3 is 5.97 Å². The number of esters is 1. The third-order valence-electron chi connectivity index (χ3n) is 2.93. The number of halogens is 1. The van der Waals surface area contributed by atoms with E-state index in [-0.39, 0.29) is 17.3 Å². The summed E-state index contributed by atoms with van der Waals surface area (Å²) in [6.07, 6.45) is 1.61. The van der Waals surface area contributed by atoms with Crippen LogP contribution in [-0.2, 0) is 16.1 Å². The molecule has 7 heteroatoms. The van der Waals surface area contributed by atoms with Gasteiger partial charge < -0.3 is 4.74 Å². The van der Waals surface area contributed by atoms with Crippen molar-refractivity contribution in [2.45, 2.75) is 38.1 Å². The lowest BCUT2D eigenvalue weighted by Crippen LogP contribution is -2.26. The quantitative estimate of drug-likeness (QED) is 0.349. The number of ether oxygens (including phenoxy) is 1. The Hall–Kier alpha value is -1.79. The van der Waals surface area contributed by atoms with Gasteiger partial charge in [0.25, 0.3) is 5.56 Å². The van der Waals surface area contributed by atoms with Crippen LogP contribution in [0.4, 0.5) is 0 Å². The molecule has 0 radical (unpaired) electrons. The van der Waals surface area contributed by atoms with Crippen LogP contribution < -0.4 is 5.56 Å². The number of hydrogen-bond donors (Lipinski definition) is 0. The van der Waals surface area contributed by atoms with Gasteiger partial charge in [0, 0.05) is 11.6 Å². The Kier molecular flexibility index (Phi) is 5.72. The van der Waals surface area contributed by atoms with Crippen LogP contribution in [0.1, 0.15) is 20.8 Å². The van der Waals surface area contributed by atoms with Crippen molar-refractivity contribution >= 4 is 40.2 Å². The number of fused-ring (bicyclic) bond motifs is 1. The van der Waals surface area contributed by atoms with E-state index in [1.165, 1.54) is 4.57 Å². The Labute approximate surface area is 149 Å². The van der Waals surface area contributed by atoms with Crippen LogP contribution in [-0.4, -0.2) is 26.9 Å². The number of rotatable bonds is 5. The Morgan fingerprint density at radius 1 is 1.46 bits per heavy atom. The summed E-state index contributed by atoms with van der Waals surface area (Å²) in [5.41, 5.74) is -0.245. The molecule has 1 aromatic heterocycles. The van der Waals surface area contributed by atoms with Gasteiger partial charge in [0.1, 0.15) is 5.60 Å². The third-order valence-corrected chi connectivity index (χ3v) is 4.12. The van der Waals surface area contributed by atoms with E-state index in [4.69, 9.17) is 16.3 Å². The van der Waals surface area contributed by atoms with E-state index in [0.717, 1.165) is 11.8 Å². The van der Waals surface area contributed by atoms with Gasteiger partial charge in [-0.2, -0.15) is 0 Å². The van der Waals surface area contributed by atoms with E-state index in [9.17, 15) is 9.59 Å². The van der Waals surface area contributed by atoms with Crippen LogP contribution in [0.3, 0.4) is 0 Å². The molecule has 0 saturated carbocycles. The minimum Gasteiger partial charge on any atom is -0.459 e. The number of aromatic nitrogens is 2. The average molecular weight is 367 g/mol. The van der Waals surface area contributed by atoms with E-state index in [2.05, 4.69) is 11.6 Å². The monoisotopic (exact) mass is 366 g/mol. The first-order chi connectivity index (χ1) is 11.2. The number of thioether (sulfide) groups is 1. The minimum absolute atomic E-state index is 0.0624. The first kappa shape index (κ1) is 18.5. The largest absolute Gasteiger partial charge is 0.459 e. The number of nitrogens with zero attached hydrogens (tertiary/aromatic N) is 2. The van der Waals surface area contributed by atoms with Crippen molar-refractivity contribution in [3.63, 3.8) is 0 Å². The number of allylic oxidation sites excluding steroid dienone is 1. The van der Waals surface area contributed by atoms with E-state index in [0.29, 0.717) is 27.6 Å². The molecular formula is C17H19ClN2O3S. The lowest BCUT2D eigenvalue weighted by Gasteiger charge is -2.19. The summed E-state index contributed by atoms with van der Waals surface area (Å²) in [5, 5.41) is 1.40. The summed E-state index contributed by atoms with van der Waals surface area (Å²) in [4.78, 5) is 29.0. The molecule has 1 heterocycles. The van der Waals surface area contributed by atoms with Gasteiger partial charge in [0.2, 0.25) is 0 Å². The fourth-order valence-electron chi connectivity index (χ4n) is 2.07. The van der Waals surface area contributed by atoms with Crippen LogP contribution in [0, 0.1) is 0 Å². The Morgan fingerprint density at radius 3 is 2.79 bits per heavy atom. The van der Waals surface area contributed by atoms with Crippen molar-refractivity contribution in [2.24, 2.45) is 0 Å². The summed E-state index contributed by atoms with van der Waals surface area (Å²) in [5.74, 6) is -0.300. The molecule has 0 spiro atoms. The smallest absolute Gasteiger partial charge is 0.316 e. The van der Waals surface area contributed by atoms with Gasteiger partial charge in [-0.25, -0.2) is 4.98 Å². The fraction of sp³-hybridized carbons (Fsp3) is 0.353. The van der Waals surface area contributed by atoms with Crippen LogP contribution >= 0.6 is 23.4 Å². The van der Waals surface area contributed by atoms with Gasteiger partial charge in [-0.15, -0.1) is 6.58 Å². The molecule has 2 rings (SSSR count). The molecule has 128 valence electrons. The second kappa shape index (κ2) is 7.40. The Morgan fingerprint density at radius 2 is 2.17 bits per heavy atom. The van der Waals surface area contributed by atoms with Crippen molar-refractivity contribution < 1.29 is 9.53 Å². The van der Waals surface area contributed by atoms with Crippen LogP contribution in [0.5, 0.6) is 0 Å². The summed E-state index contributed by atoms with van der Waals surface area (Å²) >= 11 is 7.14. The standard InChI is InChI=1S/C17H19ClN2O3S/c1-5-8-20-15(22)12-7-6-11(18)9-13(12)19-16(20)24-10-14(21)23-17(2,3)4/h5-7,9H,1,8,10H2,2-4H3. The molecule has 0 aliphatic heterocycles.